The molecule has 374 valence electrons. The molecule has 10 heteroatoms. The van der Waals surface area contributed by atoms with Crippen molar-refractivity contribution in [3.63, 3.8) is 0 Å². The predicted molar refractivity (Wildman–Crippen MR) is 266 cm³/mol. The summed E-state index contributed by atoms with van der Waals surface area (Å²) in [5, 5.41) is 13.9. The molecule has 0 spiro atoms. The first kappa shape index (κ1) is 58.0. The fourth-order valence-corrected chi connectivity index (χ4v) is 9.24. The minimum Gasteiger partial charge on any atom is -0.466 e. The standard InChI is InChI=1S/C54H102N4O6/c1-5-8-11-14-17-26-33-47-63-49(59)37-29-22-18-24-31-40-57(42-34-39-55-51-52(54(62)53(51)61)58-45-43-56(4)44-46-58)41-32-25-19-23-30-38-50(60)64-48(35-27-20-15-12-9-6-2)36-28-21-16-13-10-7-3/h48,53,55,61H,5-47H2,1-4H3. The van der Waals surface area contributed by atoms with Crippen LogP contribution in [0.4, 0.5) is 0 Å². The maximum atomic E-state index is 12.9. The van der Waals surface area contributed by atoms with Crippen LogP contribution in [0.25, 0.3) is 0 Å². The molecule has 2 rings (SSSR count). The monoisotopic (exact) mass is 903 g/mol. The smallest absolute Gasteiger partial charge is 0.306 e. The first-order valence-electron chi connectivity index (χ1n) is 27.5. The van der Waals surface area contributed by atoms with Gasteiger partial charge in [-0.25, -0.2) is 0 Å². The van der Waals surface area contributed by atoms with E-state index in [-0.39, 0.29) is 23.8 Å². The number of ether oxygens (including phenoxy) is 2. The minimum absolute atomic E-state index is 0.00527. The van der Waals surface area contributed by atoms with Gasteiger partial charge in [-0.15, -0.1) is 0 Å². The average molecular weight is 903 g/mol. The zero-order chi connectivity index (χ0) is 46.3. The number of likely N-dealkylation sites (N-methyl/N-ethyl adjacent to an activating group) is 1. The molecule has 1 fully saturated rings. The molecule has 0 aromatic heterocycles. The fourth-order valence-electron chi connectivity index (χ4n) is 9.24. The van der Waals surface area contributed by atoms with Gasteiger partial charge in [0.15, 0.2) is 6.10 Å². The number of rotatable bonds is 45. The number of nitrogens with zero attached hydrogens (tertiary/aromatic N) is 3. The number of nitrogens with one attached hydrogen (secondary N) is 1. The number of piperazine rings is 1. The second-order valence-corrected chi connectivity index (χ2v) is 19.5. The van der Waals surface area contributed by atoms with Gasteiger partial charge in [-0.1, -0.05) is 162 Å². The molecule has 0 amide bonds. The van der Waals surface area contributed by atoms with Crippen molar-refractivity contribution in [2.24, 2.45) is 0 Å². The van der Waals surface area contributed by atoms with Crippen LogP contribution in [-0.4, -0.2) is 116 Å². The van der Waals surface area contributed by atoms with Gasteiger partial charge in [0.25, 0.3) is 0 Å². The number of esters is 2. The Morgan fingerprint density at radius 3 is 1.56 bits per heavy atom. The van der Waals surface area contributed by atoms with Gasteiger partial charge in [0.1, 0.15) is 11.8 Å². The number of hydrogen-bond acceptors (Lipinski definition) is 10. The van der Waals surface area contributed by atoms with Crippen molar-refractivity contribution in [1.82, 2.24) is 20.0 Å². The van der Waals surface area contributed by atoms with Crippen LogP contribution in [0.2, 0.25) is 0 Å². The molecule has 1 atom stereocenters. The summed E-state index contributed by atoms with van der Waals surface area (Å²) in [6.45, 7) is 14.6. The number of Topliss-reactive ketones (excluding diaryl/α,β-unsaturated/α-hetero) is 1. The van der Waals surface area contributed by atoms with Gasteiger partial charge in [-0.3, -0.25) is 14.4 Å². The van der Waals surface area contributed by atoms with Crippen LogP contribution in [0.1, 0.15) is 239 Å². The maximum Gasteiger partial charge on any atom is 0.306 e. The van der Waals surface area contributed by atoms with Gasteiger partial charge in [0.05, 0.1) is 12.3 Å². The molecule has 1 heterocycles. The second-order valence-electron chi connectivity index (χ2n) is 19.5. The molecule has 2 aliphatic rings. The molecule has 0 saturated carbocycles. The zero-order valence-electron chi connectivity index (χ0n) is 42.4. The molecule has 0 radical (unpaired) electrons. The van der Waals surface area contributed by atoms with Crippen molar-refractivity contribution in [1.29, 1.82) is 0 Å². The minimum atomic E-state index is -1.02. The van der Waals surface area contributed by atoms with Gasteiger partial charge in [-0.2, -0.15) is 0 Å². The van der Waals surface area contributed by atoms with Gasteiger partial charge in [0.2, 0.25) is 5.78 Å². The Morgan fingerprint density at radius 1 is 0.594 bits per heavy atom. The van der Waals surface area contributed by atoms with Gasteiger partial charge in [-0.05, 0) is 90.9 Å². The van der Waals surface area contributed by atoms with E-state index in [2.05, 4.69) is 47.8 Å². The molecule has 1 aliphatic heterocycles. The molecule has 1 unspecified atom stereocenters. The Balaban J connectivity index is 1.71. The lowest BCUT2D eigenvalue weighted by atomic mass is 9.93. The van der Waals surface area contributed by atoms with Crippen molar-refractivity contribution in [2.75, 3.05) is 66.0 Å². The fraction of sp³-hybridized carbons (Fsp3) is 0.907. The average Bonchev–Trinajstić information content (AvgIpc) is 3.29. The predicted octanol–water partition coefficient (Wildman–Crippen LogP) is 12.1. The largest absolute Gasteiger partial charge is 0.466 e. The molecular formula is C54H102N4O6. The Bertz CT molecular complexity index is 1170. The number of unbranched alkanes of at least 4 members (excludes halogenated alkanes) is 24. The first-order valence-corrected chi connectivity index (χ1v) is 27.5. The van der Waals surface area contributed by atoms with E-state index in [0.29, 0.717) is 30.8 Å². The highest BCUT2D eigenvalue weighted by Crippen LogP contribution is 2.27. The van der Waals surface area contributed by atoms with Crippen molar-refractivity contribution < 1.29 is 29.0 Å². The maximum absolute atomic E-state index is 12.9. The first-order chi connectivity index (χ1) is 31.3. The summed E-state index contributed by atoms with van der Waals surface area (Å²) in [5.41, 5.74) is 1.39. The van der Waals surface area contributed by atoms with Gasteiger partial charge < -0.3 is 34.6 Å². The van der Waals surface area contributed by atoms with Crippen LogP contribution in [-0.2, 0) is 23.9 Å². The number of ketones is 1. The summed E-state index contributed by atoms with van der Waals surface area (Å²) in [6.07, 6.45) is 37.8. The summed E-state index contributed by atoms with van der Waals surface area (Å²) in [5.74, 6) is -0.185. The molecule has 0 aromatic carbocycles. The zero-order valence-corrected chi connectivity index (χ0v) is 42.4. The van der Waals surface area contributed by atoms with Crippen molar-refractivity contribution in [3.05, 3.63) is 11.4 Å². The molecule has 64 heavy (non-hydrogen) atoms. The quantitative estimate of drug-likeness (QED) is 0.0453. The van der Waals surface area contributed by atoms with Crippen LogP contribution in [0.5, 0.6) is 0 Å². The molecule has 10 nitrogen and oxygen atoms in total. The van der Waals surface area contributed by atoms with Gasteiger partial charge in [0, 0.05) is 45.6 Å². The Kier molecular flexibility index (Phi) is 36.2. The van der Waals surface area contributed by atoms with E-state index in [1.54, 1.807) is 0 Å². The normalized spacial score (nSPS) is 15.7. The van der Waals surface area contributed by atoms with E-state index in [4.69, 9.17) is 9.47 Å². The van der Waals surface area contributed by atoms with E-state index in [0.717, 1.165) is 149 Å². The highest BCUT2D eigenvalue weighted by atomic mass is 16.5. The lowest BCUT2D eigenvalue weighted by molar-refractivity contribution is -0.150. The molecule has 1 aliphatic carbocycles. The topological polar surface area (TPSA) is 112 Å². The summed E-state index contributed by atoms with van der Waals surface area (Å²) < 4.78 is 11.6. The Hall–Kier alpha value is -2.17. The third-order valence-electron chi connectivity index (χ3n) is 13.6. The van der Waals surface area contributed by atoms with Crippen LogP contribution < -0.4 is 5.32 Å². The highest BCUT2D eigenvalue weighted by molar-refractivity contribution is 6.07. The number of carbonyl (C=O) groups is 3. The molecular weight excluding hydrogens is 801 g/mol. The summed E-state index contributed by atoms with van der Waals surface area (Å²) in [6, 6.07) is 0. The lowest BCUT2D eigenvalue weighted by Gasteiger charge is -2.41. The molecule has 0 bridgehead atoms. The van der Waals surface area contributed by atoms with Crippen LogP contribution >= 0.6 is 0 Å². The number of aliphatic hydroxyl groups is 1. The van der Waals surface area contributed by atoms with E-state index >= 15 is 0 Å². The highest BCUT2D eigenvalue weighted by Gasteiger charge is 2.41. The van der Waals surface area contributed by atoms with Crippen molar-refractivity contribution in [2.45, 2.75) is 251 Å². The van der Waals surface area contributed by atoms with E-state index in [9.17, 15) is 19.5 Å². The lowest BCUT2D eigenvalue weighted by Crippen LogP contribution is -2.54. The van der Waals surface area contributed by atoms with Crippen LogP contribution in [0.3, 0.4) is 0 Å². The Morgan fingerprint density at radius 2 is 1.03 bits per heavy atom. The molecule has 1 saturated heterocycles. The summed E-state index contributed by atoms with van der Waals surface area (Å²) >= 11 is 0. The van der Waals surface area contributed by atoms with Crippen LogP contribution in [0, 0.1) is 0 Å². The second kappa shape index (κ2) is 39.9. The molecule has 2 N–H and O–H groups in total. The van der Waals surface area contributed by atoms with Gasteiger partial charge >= 0.3 is 11.9 Å². The Labute approximate surface area is 394 Å². The van der Waals surface area contributed by atoms with E-state index in [1.165, 1.54) is 109 Å². The van der Waals surface area contributed by atoms with E-state index in [1.807, 2.05) is 0 Å². The van der Waals surface area contributed by atoms with E-state index < -0.39 is 6.10 Å². The SMILES string of the molecule is CCCCCCCCCOC(=O)CCCCCCCN(CCCCCCCC(=O)OC(CCCCCCCC)CCCCCCCC)CCCNC1=C(N2CCN(C)CC2)C(=O)C1O. The summed E-state index contributed by atoms with van der Waals surface area (Å²) in [7, 11) is 2.11. The number of hydrogen-bond donors (Lipinski definition) is 2. The van der Waals surface area contributed by atoms with Crippen LogP contribution in [0.15, 0.2) is 11.4 Å². The van der Waals surface area contributed by atoms with Crippen molar-refractivity contribution >= 4 is 17.7 Å². The third-order valence-corrected chi connectivity index (χ3v) is 13.6. The van der Waals surface area contributed by atoms with Crippen molar-refractivity contribution in [3.8, 4) is 0 Å². The summed E-state index contributed by atoms with van der Waals surface area (Å²) in [4.78, 5) is 44.7. The molecule has 0 aromatic rings. The number of aliphatic hydroxyl groups excluding tert-OH is 1. The number of carbonyl (C=O) groups excluding carboxylic acids is 3. The third kappa shape index (κ3) is 28.8.